The van der Waals surface area contributed by atoms with Crippen LogP contribution in [0.2, 0.25) is 0 Å². The average molecular weight is 306 g/mol. The summed E-state index contributed by atoms with van der Waals surface area (Å²) in [5, 5.41) is 13.2. The van der Waals surface area contributed by atoms with Crippen molar-refractivity contribution in [2.45, 2.75) is 19.9 Å². The van der Waals surface area contributed by atoms with Crippen molar-refractivity contribution >= 4 is 23.6 Å². The van der Waals surface area contributed by atoms with E-state index in [1.807, 2.05) is 0 Å². The highest BCUT2D eigenvalue weighted by Gasteiger charge is 2.23. The Morgan fingerprint density at radius 1 is 1.36 bits per heavy atom. The Labute approximate surface area is 128 Å². The van der Waals surface area contributed by atoms with E-state index in [4.69, 9.17) is 0 Å². The van der Waals surface area contributed by atoms with Crippen molar-refractivity contribution in [3.8, 4) is 0 Å². The number of nitrogens with zero attached hydrogens (tertiary/aromatic N) is 1. The van der Waals surface area contributed by atoms with Gasteiger partial charge in [0.25, 0.3) is 5.69 Å². The van der Waals surface area contributed by atoms with Crippen molar-refractivity contribution in [2.24, 2.45) is 5.92 Å². The lowest BCUT2D eigenvalue weighted by Gasteiger charge is -2.18. The number of non-ortho nitro benzene ring substituents is 1. The minimum Gasteiger partial charge on any atom is -0.467 e. The predicted octanol–water partition coefficient (Wildman–Crippen LogP) is 1.92. The molecule has 0 unspecified atom stereocenters. The first kappa shape index (κ1) is 17.4. The molecule has 22 heavy (non-hydrogen) atoms. The van der Waals surface area contributed by atoms with Crippen LogP contribution in [-0.2, 0) is 14.3 Å². The van der Waals surface area contributed by atoms with E-state index < -0.39 is 22.8 Å². The van der Waals surface area contributed by atoms with Crippen molar-refractivity contribution in [1.82, 2.24) is 5.32 Å². The zero-order valence-corrected chi connectivity index (χ0v) is 12.6. The summed E-state index contributed by atoms with van der Waals surface area (Å²) in [6, 6.07) is 5.14. The molecule has 1 aromatic rings. The molecule has 1 aromatic carbocycles. The second-order valence-electron chi connectivity index (χ2n) is 4.94. The molecule has 0 saturated heterocycles. The zero-order valence-electron chi connectivity index (χ0n) is 12.6. The number of benzene rings is 1. The van der Waals surface area contributed by atoms with Gasteiger partial charge < -0.3 is 10.1 Å². The third-order valence-electron chi connectivity index (χ3n) is 2.93. The number of nitro benzene ring substituents is 1. The minimum absolute atomic E-state index is 0.0582. The topological polar surface area (TPSA) is 98.5 Å². The number of rotatable bonds is 6. The molecule has 0 aliphatic rings. The summed E-state index contributed by atoms with van der Waals surface area (Å²) in [6.45, 7) is 3.57. The molecular weight excluding hydrogens is 288 g/mol. The van der Waals surface area contributed by atoms with Crippen molar-refractivity contribution in [3.05, 3.63) is 46.0 Å². The van der Waals surface area contributed by atoms with Gasteiger partial charge in [-0.15, -0.1) is 0 Å². The Morgan fingerprint density at radius 3 is 2.59 bits per heavy atom. The summed E-state index contributed by atoms with van der Waals surface area (Å²) in [5.74, 6) is -1.12. The molecule has 0 heterocycles. The van der Waals surface area contributed by atoms with Gasteiger partial charge in [-0.05, 0) is 17.6 Å². The van der Waals surface area contributed by atoms with Crippen molar-refractivity contribution in [3.63, 3.8) is 0 Å². The lowest BCUT2D eigenvalue weighted by atomic mass is 10.0. The maximum absolute atomic E-state index is 11.8. The van der Waals surface area contributed by atoms with E-state index in [-0.39, 0.29) is 11.6 Å². The van der Waals surface area contributed by atoms with Crippen molar-refractivity contribution in [2.75, 3.05) is 7.11 Å². The fourth-order valence-electron chi connectivity index (χ4n) is 1.74. The molecule has 0 aromatic heterocycles. The van der Waals surface area contributed by atoms with Crippen molar-refractivity contribution in [1.29, 1.82) is 0 Å². The van der Waals surface area contributed by atoms with E-state index in [1.165, 1.54) is 37.5 Å². The van der Waals surface area contributed by atoms with Gasteiger partial charge in [-0.2, -0.15) is 0 Å². The second-order valence-corrected chi connectivity index (χ2v) is 4.94. The largest absolute Gasteiger partial charge is 0.467 e. The lowest BCUT2D eigenvalue weighted by Crippen LogP contribution is -2.44. The first-order valence-electron chi connectivity index (χ1n) is 6.66. The standard InChI is InChI=1S/C15H18N2O5/c1-10(2)14(15(19)22-3)16-13(18)8-7-11-5-4-6-12(9-11)17(20)21/h4-10,14H,1-3H3,(H,16,18)/b8-7+/t14-/m0/s1. The molecule has 0 bridgehead atoms. The zero-order chi connectivity index (χ0) is 16.7. The fraction of sp³-hybridized carbons (Fsp3) is 0.333. The second kappa shape index (κ2) is 7.92. The third kappa shape index (κ3) is 5.01. The SMILES string of the molecule is COC(=O)[C@@H](NC(=O)/C=C/c1cccc([N+](=O)[O-])c1)C(C)C. The van der Waals surface area contributed by atoms with Gasteiger partial charge in [0.2, 0.25) is 5.91 Å². The number of amides is 1. The number of esters is 1. The van der Waals surface area contributed by atoms with Gasteiger partial charge in [0, 0.05) is 18.2 Å². The molecule has 0 fully saturated rings. The molecule has 1 N–H and O–H groups in total. The van der Waals surface area contributed by atoms with Gasteiger partial charge in [0.05, 0.1) is 12.0 Å². The summed E-state index contributed by atoms with van der Waals surface area (Å²) >= 11 is 0. The molecule has 118 valence electrons. The number of carbonyl (C=O) groups excluding carboxylic acids is 2. The van der Waals surface area contributed by atoms with Crippen LogP contribution in [0.4, 0.5) is 5.69 Å². The number of nitrogens with one attached hydrogen (secondary N) is 1. The Morgan fingerprint density at radius 2 is 2.05 bits per heavy atom. The maximum Gasteiger partial charge on any atom is 0.328 e. The molecule has 0 spiro atoms. The fourth-order valence-corrected chi connectivity index (χ4v) is 1.74. The number of methoxy groups -OCH3 is 1. The molecule has 1 rings (SSSR count). The van der Waals surface area contributed by atoms with Crippen LogP contribution in [0.3, 0.4) is 0 Å². The summed E-state index contributed by atoms with van der Waals surface area (Å²) in [6.07, 6.45) is 2.66. The first-order valence-corrected chi connectivity index (χ1v) is 6.66. The highest BCUT2D eigenvalue weighted by atomic mass is 16.6. The monoisotopic (exact) mass is 306 g/mol. The van der Waals surface area contributed by atoms with Gasteiger partial charge in [-0.1, -0.05) is 26.0 Å². The number of hydrogen-bond acceptors (Lipinski definition) is 5. The Kier molecular flexibility index (Phi) is 6.25. The summed E-state index contributed by atoms with van der Waals surface area (Å²) in [7, 11) is 1.25. The Hall–Kier alpha value is -2.70. The summed E-state index contributed by atoms with van der Waals surface area (Å²) in [5.41, 5.74) is 0.459. The number of ether oxygens (including phenoxy) is 1. The van der Waals surface area contributed by atoms with E-state index in [9.17, 15) is 19.7 Å². The maximum atomic E-state index is 11.8. The highest BCUT2D eigenvalue weighted by Crippen LogP contribution is 2.14. The van der Waals surface area contributed by atoms with Gasteiger partial charge >= 0.3 is 5.97 Å². The van der Waals surface area contributed by atoms with Crippen LogP contribution in [0.15, 0.2) is 30.3 Å². The van der Waals surface area contributed by atoms with Gasteiger partial charge in [-0.3, -0.25) is 14.9 Å². The Bertz CT molecular complexity index is 595. The summed E-state index contributed by atoms with van der Waals surface area (Å²) < 4.78 is 4.63. The normalized spacial score (nSPS) is 12.2. The molecular formula is C15H18N2O5. The smallest absolute Gasteiger partial charge is 0.328 e. The number of carbonyl (C=O) groups is 2. The minimum atomic E-state index is -0.743. The molecule has 1 amide bonds. The molecule has 0 aliphatic carbocycles. The van der Waals surface area contributed by atoms with Crippen LogP contribution in [0.25, 0.3) is 6.08 Å². The van der Waals surface area contributed by atoms with E-state index >= 15 is 0 Å². The molecule has 7 heteroatoms. The quantitative estimate of drug-likeness (QED) is 0.375. The first-order chi connectivity index (χ1) is 10.3. The molecule has 0 saturated carbocycles. The number of hydrogen-bond donors (Lipinski definition) is 1. The molecule has 0 aliphatic heterocycles. The third-order valence-corrected chi connectivity index (χ3v) is 2.93. The van der Waals surface area contributed by atoms with E-state index in [0.29, 0.717) is 5.56 Å². The van der Waals surface area contributed by atoms with Crippen LogP contribution >= 0.6 is 0 Å². The summed E-state index contributed by atoms with van der Waals surface area (Å²) in [4.78, 5) is 33.5. The van der Waals surface area contributed by atoms with Crippen LogP contribution in [0, 0.1) is 16.0 Å². The molecule has 1 atom stereocenters. The Balaban J connectivity index is 2.77. The van der Waals surface area contributed by atoms with Gasteiger partial charge in [0.1, 0.15) is 6.04 Å². The van der Waals surface area contributed by atoms with Crippen LogP contribution in [-0.4, -0.2) is 30.0 Å². The average Bonchev–Trinajstić information content (AvgIpc) is 2.49. The van der Waals surface area contributed by atoms with Crippen molar-refractivity contribution < 1.29 is 19.2 Å². The van der Waals surface area contributed by atoms with E-state index in [1.54, 1.807) is 19.9 Å². The lowest BCUT2D eigenvalue weighted by molar-refractivity contribution is -0.384. The van der Waals surface area contributed by atoms with Gasteiger partial charge in [-0.25, -0.2) is 4.79 Å². The van der Waals surface area contributed by atoms with Crippen LogP contribution < -0.4 is 5.32 Å². The molecule has 0 radical (unpaired) electrons. The van der Waals surface area contributed by atoms with Gasteiger partial charge in [0.15, 0.2) is 0 Å². The van der Waals surface area contributed by atoms with E-state index in [2.05, 4.69) is 10.1 Å². The predicted molar refractivity (Wildman–Crippen MR) is 80.9 cm³/mol. The highest BCUT2D eigenvalue weighted by molar-refractivity contribution is 5.94. The van der Waals surface area contributed by atoms with Crippen LogP contribution in [0.5, 0.6) is 0 Å². The van der Waals surface area contributed by atoms with Crippen LogP contribution in [0.1, 0.15) is 19.4 Å². The number of nitro groups is 1. The molecule has 7 nitrogen and oxygen atoms in total. The van der Waals surface area contributed by atoms with E-state index in [0.717, 1.165) is 0 Å².